The number of nitrogens with zero attached hydrogens (tertiary/aromatic N) is 1. The molecule has 1 aromatic carbocycles. The second kappa shape index (κ2) is 7.40. The number of sulfonamides is 1. The molecular weight excluding hydrogens is 278 g/mol. The topological polar surface area (TPSA) is 74.7 Å². The number of benzene rings is 1. The van der Waals surface area contributed by atoms with Crippen LogP contribution in [0.4, 0.5) is 0 Å². The van der Waals surface area contributed by atoms with E-state index in [0.717, 1.165) is 12.8 Å². The van der Waals surface area contributed by atoms with E-state index < -0.39 is 16.0 Å². The number of carbonyl (C=O) groups is 1. The summed E-state index contributed by atoms with van der Waals surface area (Å²) in [5.74, 6) is -0.932. The summed E-state index contributed by atoms with van der Waals surface area (Å²) in [4.78, 5) is 10.8. The summed E-state index contributed by atoms with van der Waals surface area (Å²) in [6.45, 7) is 4.76. The summed E-state index contributed by atoms with van der Waals surface area (Å²) in [5, 5.41) is 8.69. The molecule has 0 amide bonds. The van der Waals surface area contributed by atoms with E-state index in [4.69, 9.17) is 5.11 Å². The van der Waals surface area contributed by atoms with Gasteiger partial charge in [0.2, 0.25) is 10.0 Å². The molecule has 20 heavy (non-hydrogen) atoms. The number of unbranched alkanes of at least 4 members (excludes halogenated alkanes) is 1. The number of hydrogen-bond acceptors (Lipinski definition) is 3. The second-order valence-corrected chi connectivity index (χ2v) is 6.50. The number of rotatable bonds is 8. The minimum Gasteiger partial charge on any atom is -0.481 e. The van der Waals surface area contributed by atoms with Crippen molar-refractivity contribution >= 4 is 16.0 Å². The monoisotopic (exact) mass is 299 g/mol. The summed E-state index contributed by atoms with van der Waals surface area (Å²) in [6.07, 6.45) is 1.65. The van der Waals surface area contributed by atoms with Crippen LogP contribution in [0.15, 0.2) is 29.2 Å². The zero-order valence-corrected chi connectivity index (χ0v) is 12.7. The van der Waals surface area contributed by atoms with Gasteiger partial charge in [-0.2, -0.15) is 4.31 Å². The van der Waals surface area contributed by atoms with Gasteiger partial charge >= 0.3 is 5.97 Å². The number of carboxylic acid groups (broad SMARTS) is 1. The van der Waals surface area contributed by atoms with Crippen LogP contribution in [-0.4, -0.2) is 36.9 Å². The molecule has 0 saturated carbocycles. The zero-order chi connectivity index (χ0) is 15.2. The quantitative estimate of drug-likeness (QED) is 0.798. The molecule has 0 fully saturated rings. The molecule has 1 rings (SSSR count). The standard InChI is InChI=1S/C14H21NO4S/c1-3-5-10-15(4-2)20(18,19)13-8-6-12(7-9-13)11-14(16)17/h6-9H,3-5,10-11H2,1-2H3,(H,16,17). The zero-order valence-electron chi connectivity index (χ0n) is 11.9. The van der Waals surface area contributed by atoms with E-state index >= 15 is 0 Å². The Balaban J connectivity index is 2.93. The van der Waals surface area contributed by atoms with Gasteiger partial charge in [0.25, 0.3) is 0 Å². The molecule has 0 saturated heterocycles. The second-order valence-electron chi connectivity index (χ2n) is 4.56. The Hall–Kier alpha value is -1.40. The van der Waals surface area contributed by atoms with E-state index in [9.17, 15) is 13.2 Å². The van der Waals surface area contributed by atoms with E-state index in [2.05, 4.69) is 0 Å². The van der Waals surface area contributed by atoms with Gasteiger partial charge in [0.15, 0.2) is 0 Å². The van der Waals surface area contributed by atoms with Gasteiger partial charge in [0, 0.05) is 13.1 Å². The van der Waals surface area contributed by atoms with Crippen LogP contribution in [0.1, 0.15) is 32.3 Å². The molecule has 0 aliphatic rings. The fourth-order valence-electron chi connectivity index (χ4n) is 1.89. The Kier molecular flexibility index (Phi) is 6.16. The lowest BCUT2D eigenvalue weighted by molar-refractivity contribution is -0.136. The van der Waals surface area contributed by atoms with Gasteiger partial charge in [-0.15, -0.1) is 0 Å². The third kappa shape index (κ3) is 4.31. The van der Waals surface area contributed by atoms with E-state index in [-0.39, 0.29) is 11.3 Å². The minimum absolute atomic E-state index is 0.104. The fraction of sp³-hybridized carbons (Fsp3) is 0.500. The number of hydrogen-bond donors (Lipinski definition) is 1. The Morgan fingerprint density at radius 1 is 1.20 bits per heavy atom. The summed E-state index contributed by atoms with van der Waals surface area (Å²) in [5.41, 5.74) is 0.591. The van der Waals surface area contributed by atoms with Crippen LogP contribution < -0.4 is 0 Å². The van der Waals surface area contributed by atoms with Crippen LogP contribution >= 0.6 is 0 Å². The van der Waals surface area contributed by atoms with Crippen LogP contribution in [0, 0.1) is 0 Å². The molecule has 6 heteroatoms. The maximum Gasteiger partial charge on any atom is 0.307 e. The number of aliphatic carboxylic acids is 1. The van der Waals surface area contributed by atoms with Crippen molar-refractivity contribution in [3.05, 3.63) is 29.8 Å². The molecule has 0 aliphatic carbocycles. The van der Waals surface area contributed by atoms with Crippen molar-refractivity contribution in [2.45, 2.75) is 38.0 Å². The molecule has 0 unspecified atom stereocenters. The van der Waals surface area contributed by atoms with E-state index in [1.807, 2.05) is 13.8 Å². The molecular formula is C14H21NO4S. The SMILES string of the molecule is CCCCN(CC)S(=O)(=O)c1ccc(CC(=O)O)cc1. The van der Waals surface area contributed by atoms with Crippen LogP contribution in [0.25, 0.3) is 0 Å². The average molecular weight is 299 g/mol. The van der Waals surface area contributed by atoms with Crippen LogP contribution in [0.5, 0.6) is 0 Å². The smallest absolute Gasteiger partial charge is 0.307 e. The lowest BCUT2D eigenvalue weighted by atomic mass is 10.2. The highest BCUT2D eigenvalue weighted by Gasteiger charge is 2.22. The highest BCUT2D eigenvalue weighted by molar-refractivity contribution is 7.89. The lowest BCUT2D eigenvalue weighted by Crippen LogP contribution is -2.31. The van der Waals surface area contributed by atoms with E-state index in [1.54, 1.807) is 12.1 Å². The minimum atomic E-state index is -3.48. The molecule has 0 spiro atoms. The third-order valence-corrected chi connectivity index (χ3v) is 5.02. The Labute approximate surface area is 120 Å². The van der Waals surface area contributed by atoms with E-state index in [0.29, 0.717) is 18.7 Å². The number of carboxylic acids is 1. The lowest BCUT2D eigenvalue weighted by Gasteiger charge is -2.20. The molecule has 5 nitrogen and oxygen atoms in total. The Morgan fingerprint density at radius 3 is 2.25 bits per heavy atom. The molecule has 1 N–H and O–H groups in total. The van der Waals surface area contributed by atoms with Gasteiger partial charge in [0.05, 0.1) is 11.3 Å². The van der Waals surface area contributed by atoms with Gasteiger partial charge in [-0.25, -0.2) is 8.42 Å². The van der Waals surface area contributed by atoms with Gasteiger partial charge < -0.3 is 5.11 Å². The largest absolute Gasteiger partial charge is 0.481 e. The molecule has 0 atom stereocenters. The summed E-state index contributed by atoms with van der Waals surface area (Å²) >= 11 is 0. The van der Waals surface area contributed by atoms with Gasteiger partial charge in [-0.1, -0.05) is 32.4 Å². The van der Waals surface area contributed by atoms with Crippen molar-refractivity contribution in [3.63, 3.8) is 0 Å². The normalized spacial score (nSPS) is 11.8. The predicted molar refractivity (Wildman–Crippen MR) is 77.1 cm³/mol. The maximum absolute atomic E-state index is 12.4. The van der Waals surface area contributed by atoms with Crippen molar-refractivity contribution < 1.29 is 18.3 Å². The van der Waals surface area contributed by atoms with Crippen molar-refractivity contribution in [2.75, 3.05) is 13.1 Å². The predicted octanol–water partition coefficient (Wildman–Crippen LogP) is 2.12. The van der Waals surface area contributed by atoms with Crippen LogP contribution in [0.3, 0.4) is 0 Å². The molecule has 0 aliphatic heterocycles. The first-order chi connectivity index (χ1) is 9.41. The van der Waals surface area contributed by atoms with Crippen molar-refractivity contribution in [2.24, 2.45) is 0 Å². The van der Waals surface area contributed by atoms with Crippen molar-refractivity contribution in [1.82, 2.24) is 4.31 Å². The molecule has 112 valence electrons. The molecule has 0 bridgehead atoms. The van der Waals surface area contributed by atoms with Gasteiger partial charge in [-0.3, -0.25) is 4.79 Å². The first kappa shape index (κ1) is 16.7. The van der Waals surface area contributed by atoms with Crippen molar-refractivity contribution in [3.8, 4) is 0 Å². The summed E-state index contributed by atoms with van der Waals surface area (Å²) < 4.78 is 26.3. The van der Waals surface area contributed by atoms with Gasteiger partial charge in [0.1, 0.15) is 0 Å². The first-order valence-corrected chi connectivity index (χ1v) is 8.16. The maximum atomic E-state index is 12.4. The molecule has 0 radical (unpaired) electrons. The summed E-state index contributed by atoms with van der Waals surface area (Å²) in [7, 11) is -3.48. The van der Waals surface area contributed by atoms with Crippen molar-refractivity contribution in [1.29, 1.82) is 0 Å². The fourth-order valence-corrected chi connectivity index (χ4v) is 3.37. The highest BCUT2D eigenvalue weighted by atomic mass is 32.2. The first-order valence-electron chi connectivity index (χ1n) is 6.72. The molecule has 0 aromatic heterocycles. The highest BCUT2D eigenvalue weighted by Crippen LogP contribution is 2.17. The average Bonchev–Trinajstić information content (AvgIpc) is 2.39. The molecule has 1 aromatic rings. The molecule has 0 heterocycles. The van der Waals surface area contributed by atoms with Crippen LogP contribution in [-0.2, 0) is 21.2 Å². The Bertz CT molecular complexity index is 537. The van der Waals surface area contributed by atoms with Crippen LogP contribution in [0.2, 0.25) is 0 Å². The summed E-state index contributed by atoms with van der Waals surface area (Å²) in [6, 6.07) is 6.05. The van der Waals surface area contributed by atoms with Gasteiger partial charge in [-0.05, 0) is 24.1 Å². The van der Waals surface area contributed by atoms with E-state index in [1.165, 1.54) is 16.4 Å². The third-order valence-electron chi connectivity index (χ3n) is 3.03. The Morgan fingerprint density at radius 2 is 1.80 bits per heavy atom.